The van der Waals surface area contributed by atoms with Gasteiger partial charge in [-0.05, 0) is 64.7 Å². The zero-order chi connectivity index (χ0) is 13.7. The second kappa shape index (κ2) is 7.02. The lowest BCUT2D eigenvalue weighted by Crippen LogP contribution is -2.43. The van der Waals surface area contributed by atoms with Crippen molar-refractivity contribution in [2.75, 3.05) is 38.5 Å². The fraction of sp³-hybridized carbons (Fsp3) is 1.00. The van der Waals surface area contributed by atoms with Crippen LogP contribution in [0, 0.1) is 5.92 Å². The smallest absolute Gasteiger partial charge is 0.211 e. The summed E-state index contributed by atoms with van der Waals surface area (Å²) in [4.78, 5) is 2.37. The van der Waals surface area contributed by atoms with Crippen LogP contribution in [0.4, 0.5) is 0 Å². The van der Waals surface area contributed by atoms with Gasteiger partial charge in [-0.3, -0.25) is 4.90 Å². The van der Waals surface area contributed by atoms with E-state index in [0.29, 0.717) is 12.6 Å². The van der Waals surface area contributed by atoms with Crippen molar-refractivity contribution >= 4 is 10.0 Å². The fourth-order valence-corrected chi connectivity index (χ4v) is 4.51. The van der Waals surface area contributed by atoms with E-state index < -0.39 is 10.0 Å². The van der Waals surface area contributed by atoms with Gasteiger partial charge in [0.25, 0.3) is 0 Å². The molecule has 19 heavy (non-hydrogen) atoms. The predicted molar refractivity (Wildman–Crippen MR) is 77.7 cm³/mol. The summed E-state index contributed by atoms with van der Waals surface area (Å²) >= 11 is 0. The number of hydrogen-bond acceptors (Lipinski definition) is 4. The minimum absolute atomic E-state index is 0.271. The first-order valence-corrected chi connectivity index (χ1v) is 9.14. The summed E-state index contributed by atoms with van der Waals surface area (Å²) in [5, 5.41) is 3.27. The van der Waals surface area contributed by atoms with Crippen molar-refractivity contribution in [3.63, 3.8) is 0 Å². The van der Waals surface area contributed by atoms with E-state index in [1.807, 2.05) is 0 Å². The van der Waals surface area contributed by atoms with Gasteiger partial charge in [-0.15, -0.1) is 0 Å². The molecule has 6 heteroatoms. The molecule has 0 aromatic heterocycles. The number of nitrogens with one attached hydrogen (secondary N) is 2. The van der Waals surface area contributed by atoms with Crippen molar-refractivity contribution in [2.45, 2.75) is 38.6 Å². The molecule has 0 spiro atoms. The zero-order valence-corrected chi connectivity index (χ0v) is 12.7. The molecule has 2 fully saturated rings. The molecule has 0 saturated carbocycles. The SMILES string of the molecule is CC(CNS(=O)(=O)CC1CCCNC1)N1CCCC1. The minimum atomic E-state index is -3.12. The molecule has 0 aromatic carbocycles. The molecule has 2 rings (SSSR count). The van der Waals surface area contributed by atoms with Crippen molar-refractivity contribution in [3.8, 4) is 0 Å². The van der Waals surface area contributed by atoms with Crippen LogP contribution in [0.5, 0.6) is 0 Å². The summed E-state index contributed by atoms with van der Waals surface area (Å²) in [6.45, 7) is 6.72. The van der Waals surface area contributed by atoms with Gasteiger partial charge in [-0.25, -0.2) is 13.1 Å². The number of nitrogens with zero attached hydrogens (tertiary/aromatic N) is 1. The van der Waals surface area contributed by atoms with Crippen LogP contribution >= 0.6 is 0 Å². The molecule has 2 heterocycles. The zero-order valence-electron chi connectivity index (χ0n) is 11.9. The summed E-state index contributed by atoms with van der Waals surface area (Å²) in [5.41, 5.74) is 0. The lowest BCUT2D eigenvalue weighted by Gasteiger charge is -2.25. The van der Waals surface area contributed by atoms with Gasteiger partial charge in [0.05, 0.1) is 5.75 Å². The van der Waals surface area contributed by atoms with E-state index >= 15 is 0 Å². The van der Waals surface area contributed by atoms with E-state index in [1.165, 1.54) is 12.8 Å². The Labute approximate surface area is 117 Å². The van der Waals surface area contributed by atoms with Crippen LogP contribution in [0.2, 0.25) is 0 Å². The third-order valence-electron chi connectivity index (χ3n) is 4.22. The van der Waals surface area contributed by atoms with Gasteiger partial charge < -0.3 is 5.32 Å². The Kier molecular flexibility index (Phi) is 5.62. The topological polar surface area (TPSA) is 61.4 Å². The van der Waals surface area contributed by atoms with Gasteiger partial charge in [0.2, 0.25) is 10.0 Å². The van der Waals surface area contributed by atoms with Crippen molar-refractivity contribution < 1.29 is 8.42 Å². The third-order valence-corrected chi connectivity index (χ3v) is 5.73. The van der Waals surface area contributed by atoms with Gasteiger partial charge in [-0.1, -0.05) is 0 Å². The van der Waals surface area contributed by atoms with E-state index in [4.69, 9.17) is 0 Å². The maximum Gasteiger partial charge on any atom is 0.211 e. The molecule has 0 aliphatic carbocycles. The summed E-state index contributed by atoms with van der Waals surface area (Å²) < 4.78 is 26.9. The average molecular weight is 289 g/mol. The maximum atomic E-state index is 12.1. The average Bonchev–Trinajstić information content (AvgIpc) is 2.91. The lowest BCUT2D eigenvalue weighted by molar-refractivity contribution is 0.259. The summed E-state index contributed by atoms with van der Waals surface area (Å²) in [7, 11) is -3.12. The third kappa shape index (κ3) is 5.02. The number of piperidine rings is 1. The van der Waals surface area contributed by atoms with Crippen LogP contribution in [-0.2, 0) is 10.0 Å². The Morgan fingerprint density at radius 2 is 2.05 bits per heavy atom. The number of likely N-dealkylation sites (tertiary alicyclic amines) is 1. The van der Waals surface area contributed by atoms with Crippen LogP contribution in [0.1, 0.15) is 32.6 Å². The lowest BCUT2D eigenvalue weighted by atomic mass is 10.0. The van der Waals surface area contributed by atoms with E-state index in [2.05, 4.69) is 21.9 Å². The first kappa shape index (κ1) is 15.2. The molecule has 2 aliphatic rings. The summed E-state index contributed by atoms with van der Waals surface area (Å²) in [6, 6.07) is 0.307. The van der Waals surface area contributed by atoms with E-state index in [0.717, 1.165) is 39.0 Å². The van der Waals surface area contributed by atoms with Gasteiger partial charge in [0, 0.05) is 12.6 Å². The Morgan fingerprint density at radius 3 is 2.68 bits per heavy atom. The molecular formula is C13H27N3O2S. The molecule has 2 saturated heterocycles. The molecule has 0 amide bonds. The van der Waals surface area contributed by atoms with E-state index in [-0.39, 0.29) is 11.7 Å². The molecule has 0 bridgehead atoms. The largest absolute Gasteiger partial charge is 0.316 e. The molecule has 2 atom stereocenters. The molecule has 2 aliphatic heterocycles. The molecule has 5 nitrogen and oxygen atoms in total. The van der Waals surface area contributed by atoms with Crippen LogP contribution in [0.25, 0.3) is 0 Å². The fourth-order valence-electron chi connectivity index (χ4n) is 2.99. The second-order valence-electron chi connectivity index (χ2n) is 5.93. The monoisotopic (exact) mass is 289 g/mol. The minimum Gasteiger partial charge on any atom is -0.316 e. The number of sulfonamides is 1. The van der Waals surface area contributed by atoms with Crippen molar-refractivity contribution in [2.24, 2.45) is 5.92 Å². The highest BCUT2D eigenvalue weighted by atomic mass is 32.2. The first-order chi connectivity index (χ1) is 9.07. The second-order valence-corrected chi connectivity index (χ2v) is 7.79. The normalized spacial score (nSPS) is 27.5. The quantitative estimate of drug-likeness (QED) is 0.742. The molecule has 0 radical (unpaired) electrons. The number of rotatable bonds is 6. The van der Waals surface area contributed by atoms with Gasteiger partial charge in [0.15, 0.2) is 0 Å². The molecule has 2 N–H and O–H groups in total. The van der Waals surface area contributed by atoms with Gasteiger partial charge >= 0.3 is 0 Å². The summed E-state index contributed by atoms with van der Waals surface area (Å²) in [5.74, 6) is 0.542. The van der Waals surface area contributed by atoms with Crippen LogP contribution < -0.4 is 10.0 Å². The van der Waals surface area contributed by atoms with E-state index in [1.54, 1.807) is 0 Å². The highest BCUT2D eigenvalue weighted by Crippen LogP contribution is 2.13. The van der Waals surface area contributed by atoms with Crippen LogP contribution in [0.3, 0.4) is 0 Å². The van der Waals surface area contributed by atoms with Crippen LogP contribution in [-0.4, -0.2) is 57.8 Å². The Morgan fingerprint density at radius 1 is 1.32 bits per heavy atom. The van der Waals surface area contributed by atoms with Crippen molar-refractivity contribution in [3.05, 3.63) is 0 Å². The predicted octanol–water partition coefficient (Wildman–Crippen LogP) is 0.390. The van der Waals surface area contributed by atoms with Gasteiger partial charge in [-0.2, -0.15) is 0 Å². The van der Waals surface area contributed by atoms with Crippen molar-refractivity contribution in [1.29, 1.82) is 0 Å². The first-order valence-electron chi connectivity index (χ1n) is 7.49. The Hall–Kier alpha value is -0.170. The molecule has 2 unspecified atom stereocenters. The highest BCUT2D eigenvalue weighted by molar-refractivity contribution is 7.89. The molecule has 112 valence electrons. The highest BCUT2D eigenvalue weighted by Gasteiger charge is 2.23. The standard InChI is InChI=1S/C13H27N3O2S/c1-12(16-7-2-3-8-16)9-15-19(17,18)11-13-5-4-6-14-10-13/h12-15H,2-11H2,1H3. The maximum absolute atomic E-state index is 12.1. The van der Waals surface area contributed by atoms with Crippen LogP contribution in [0.15, 0.2) is 0 Å². The summed E-state index contributed by atoms with van der Waals surface area (Å²) in [6.07, 6.45) is 4.59. The number of hydrogen-bond donors (Lipinski definition) is 2. The molecule has 0 aromatic rings. The molecular weight excluding hydrogens is 262 g/mol. The Bertz CT molecular complexity index is 360. The van der Waals surface area contributed by atoms with E-state index in [9.17, 15) is 8.42 Å². The Balaban J connectivity index is 1.73. The van der Waals surface area contributed by atoms with Crippen molar-refractivity contribution in [1.82, 2.24) is 14.9 Å². The van der Waals surface area contributed by atoms with Gasteiger partial charge in [0.1, 0.15) is 0 Å².